The normalized spacial score (nSPS) is 16.1. The summed E-state index contributed by atoms with van der Waals surface area (Å²) in [7, 11) is 0. The average Bonchev–Trinajstić information content (AvgIpc) is 2.89. The van der Waals surface area contributed by atoms with Crippen LogP contribution >= 0.6 is 0 Å². The molecule has 0 radical (unpaired) electrons. The average molecular weight is 276 g/mol. The Morgan fingerprint density at radius 1 is 1.00 bits per heavy atom. The molecule has 0 aliphatic carbocycles. The third kappa shape index (κ3) is 2.79. The fourth-order valence-corrected chi connectivity index (χ4v) is 2.46. The molecule has 0 amide bonds. The van der Waals surface area contributed by atoms with Crippen LogP contribution in [0.25, 0.3) is 6.08 Å². The molecule has 0 fully saturated rings. The molecular formula is C19H16O2. The van der Waals surface area contributed by atoms with Crippen molar-refractivity contribution in [3.63, 3.8) is 0 Å². The van der Waals surface area contributed by atoms with E-state index >= 15 is 0 Å². The third-order valence-electron chi connectivity index (χ3n) is 3.52. The monoisotopic (exact) mass is 276 g/mol. The van der Waals surface area contributed by atoms with Gasteiger partial charge in [-0.3, -0.25) is 4.79 Å². The van der Waals surface area contributed by atoms with Crippen LogP contribution in [0.2, 0.25) is 0 Å². The van der Waals surface area contributed by atoms with E-state index in [0.29, 0.717) is 23.5 Å². The van der Waals surface area contributed by atoms with E-state index in [2.05, 4.69) is 0 Å². The molecule has 0 bridgehead atoms. The molecule has 104 valence electrons. The fraction of sp³-hybridized carbons (Fsp3) is 0.105. The van der Waals surface area contributed by atoms with E-state index in [4.69, 9.17) is 4.74 Å². The van der Waals surface area contributed by atoms with Gasteiger partial charge in [-0.1, -0.05) is 60.7 Å². The molecule has 2 aromatic rings. The lowest BCUT2D eigenvalue weighted by Crippen LogP contribution is -2.05. The number of carbonyl (C=O) groups is 1. The highest BCUT2D eigenvalue weighted by Crippen LogP contribution is 2.29. The summed E-state index contributed by atoms with van der Waals surface area (Å²) in [4.78, 5) is 12.7. The van der Waals surface area contributed by atoms with E-state index < -0.39 is 0 Å². The largest absolute Gasteiger partial charge is 0.493 e. The van der Waals surface area contributed by atoms with Crippen LogP contribution in [0, 0.1) is 0 Å². The molecule has 2 aromatic carbocycles. The number of Topliss-reactive ketones (excluding diaryl/α,β-unsaturated/α-hetero) is 1. The molecule has 0 unspecified atom stereocenters. The number of ketones is 1. The maximum absolute atomic E-state index is 12.7. The van der Waals surface area contributed by atoms with Gasteiger partial charge >= 0.3 is 0 Å². The van der Waals surface area contributed by atoms with Crippen molar-refractivity contribution in [3.8, 4) is 0 Å². The van der Waals surface area contributed by atoms with Crippen molar-refractivity contribution in [2.45, 2.75) is 6.92 Å². The minimum atomic E-state index is 0.0211. The highest BCUT2D eigenvalue weighted by molar-refractivity contribution is 6.13. The van der Waals surface area contributed by atoms with Crippen LogP contribution in [0.3, 0.4) is 0 Å². The second-order valence-corrected chi connectivity index (χ2v) is 5.00. The van der Waals surface area contributed by atoms with Gasteiger partial charge in [-0.2, -0.15) is 0 Å². The van der Waals surface area contributed by atoms with E-state index in [-0.39, 0.29) is 5.78 Å². The number of carbonyl (C=O) groups excluding carboxylic acids is 1. The maximum Gasteiger partial charge on any atom is 0.196 e. The number of allylic oxidation sites excluding steroid dienone is 1. The quantitative estimate of drug-likeness (QED) is 0.783. The number of ether oxygens (including phenoxy) is 1. The summed E-state index contributed by atoms with van der Waals surface area (Å²) in [5.74, 6) is 0.721. The van der Waals surface area contributed by atoms with Crippen molar-refractivity contribution < 1.29 is 9.53 Å². The Balaban J connectivity index is 1.98. The number of hydrogen-bond acceptors (Lipinski definition) is 2. The third-order valence-corrected chi connectivity index (χ3v) is 3.52. The Hall–Kier alpha value is -2.61. The molecule has 3 rings (SSSR count). The van der Waals surface area contributed by atoms with Crippen LogP contribution in [-0.2, 0) is 4.74 Å². The van der Waals surface area contributed by atoms with E-state index in [1.807, 2.05) is 73.7 Å². The molecule has 0 aromatic heterocycles. The number of rotatable bonds is 3. The van der Waals surface area contributed by atoms with Gasteiger partial charge in [-0.05, 0) is 18.6 Å². The molecule has 0 saturated carbocycles. The van der Waals surface area contributed by atoms with Crippen LogP contribution in [0.4, 0.5) is 0 Å². The molecule has 21 heavy (non-hydrogen) atoms. The van der Waals surface area contributed by atoms with E-state index in [1.165, 1.54) is 0 Å². The van der Waals surface area contributed by atoms with Crippen LogP contribution in [0.1, 0.15) is 22.8 Å². The van der Waals surface area contributed by atoms with Gasteiger partial charge in [-0.25, -0.2) is 0 Å². The van der Waals surface area contributed by atoms with Gasteiger partial charge in [0.1, 0.15) is 12.4 Å². The van der Waals surface area contributed by atoms with Gasteiger partial charge in [0.15, 0.2) is 5.78 Å². The predicted octanol–water partition coefficient (Wildman–Crippen LogP) is 4.26. The van der Waals surface area contributed by atoms with Gasteiger partial charge in [0.05, 0.1) is 5.57 Å². The van der Waals surface area contributed by atoms with Gasteiger partial charge in [0.2, 0.25) is 0 Å². The van der Waals surface area contributed by atoms with Gasteiger partial charge in [0, 0.05) is 11.1 Å². The fourth-order valence-electron chi connectivity index (χ4n) is 2.46. The number of benzene rings is 2. The van der Waals surface area contributed by atoms with Crippen LogP contribution in [0.5, 0.6) is 0 Å². The van der Waals surface area contributed by atoms with Gasteiger partial charge < -0.3 is 4.74 Å². The summed E-state index contributed by atoms with van der Waals surface area (Å²) in [6.45, 7) is 2.30. The first kappa shape index (κ1) is 13.4. The molecule has 0 spiro atoms. The zero-order chi connectivity index (χ0) is 14.7. The lowest BCUT2D eigenvalue weighted by Gasteiger charge is -2.04. The first-order valence-corrected chi connectivity index (χ1v) is 6.95. The van der Waals surface area contributed by atoms with E-state index in [1.54, 1.807) is 0 Å². The summed E-state index contributed by atoms with van der Waals surface area (Å²) >= 11 is 0. The zero-order valence-corrected chi connectivity index (χ0v) is 11.9. The van der Waals surface area contributed by atoms with E-state index in [9.17, 15) is 4.79 Å². The minimum Gasteiger partial charge on any atom is -0.493 e. The summed E-state index contributed by atoms with van der Waals surface area (Å²) in [5.41, 5.74) is 3.39. The van der Waals surface area contributed by atoms with Gasteiger partial charge in [-0.15, -0.1) is 0 Å². The molecule has 2 nitrogen and oxygen atoms in total. The summed E-state index contributed by atoms with van der Waals surface area (Å²) in [6, 6.07) is 19.3. The first-order chi connectivity index (χ1) is 10.3. The van der Waals surface area contributed by atoms with Crippen molar-refractivity contribution >= 4 is 11.9 Å². The molecular weight excluding hydrogens is 260 g/mol. The Morgan fingerprint density at radius 2 is 1.62 bits per heavy atom. The van der Waals surface area contributed by atoms with Crippen molar-refractivity contribution in [1.29, 1.82) is 0 Å². The minimum absolute atomic E-state index is 0.0211. The molecule has 0 saturated heterocycles. The van der Waals surface area contributed by atoms with Crippen LogP contribution in [0.15, 0.2) is 77.6 Å². The summed E-state index contributed by atoms with van der Waals surface area (Å²) in [5, 5.41) is 0. The van der Waals surface area contributed by atoms with Crippen molar-refractivity contribution in [1.82, 2.24) is 0 Å². The van der Waals surface area contributed by atoms with Crippen molar-refractivity contribution in [2.75, 3.05) is 6.61 Å². The zero-order valence-electron chi connectivity index (χ0n) is 11.9. The van der Waals surface area contributed by atoms with Crippen molar-refractivity contribution in [2.24, 2.45) is 0 Å². The van der Waals surface area contributed by atoms with Crippen molar-refractivity contribution in [3.05, 3.63) is 88.7 Å². The second-order valence-electron chi connectivity index (χ2n) is 5.00. The van der Waals surface area contributed by atoms with Crippen LogP contribution < -0.4 is 0 Å². The molecule has 2 heteroatoms. The Labute approximate surface area is 124 Å². The predicted molar refractivity (Wildman–Crippen MR) is 83.8 cm³/mol. The lowest BCUT2D eigenvalue weighted by atomic mass is 9.96. The number of hydrogen-bond donors (Lipinski definition) is 0. The Kier molecular flexibility index (Phi) is 3.69. The van der Waals surface area contributed by atoms with Gasteiger partial charge in [0.25, 0.3) is 0 Å². The highest BCUT2D eigenvalue weighted by Gasteiger charge is 2.25. The maximum atomic E-state index is 12.7. The molecule has 0 N–H and O–H groups in total. The molecule has 0 atom stereocenters. The molecule has 1 aliphatic heterocycles. The molecule has 1 heterocycles. The summed E-state index contributed by atoms with van der Waals surface area (Å²) in [6.07, 6.45) is 2.02. The van der Waals surface area contributed by atoms with Crippen LogP contribution in [-0.4, -0.2) is 12.4 Å². The van der Waals surface area contributed by atoms with E-state index in [0.717, 1.165) is 11.1 Å². The lowest BCUT2D eigenvalue weighted by molar-refractivity contribution is 0.103. The highest BCUT2D eigenvalue weighted by atomic mass is 16.5. The SMILES string of the molecule is CC1=C(C(=O)c2ccccc2)/C(=C/c2ccccc2)CO1. The standard InChI is InChI=1S/C19H16O2/c1-14-18(19(20)16-10-6-3-7-11-16)17(13-21-14)12-15-8-4-2-5-9-15/h2-12H,13H2,1H3/b17-12+. The first-order valence-electron chi connectivity index (χ1n) is 6.95. The smallest absolute Gasteiger partial charge is 0.196 e. The molecule has 1 aliphatic rings. The topological polar surface area (TPSA) is 26.3 Å². The Morgan fingerprint density at radius 3 is 2.29 bits per heavy atom. The second kappa shape index (κ2) is 5.80. The Bertz CT molecular complexity index is 710. The summed E-state index contributed by atoms with van der Waals surface area (Å²) < 4.78 is 5.58.